The van der Waals surface area contributed by atoms with Crippen molar-refractivity contribution in [2.45, 2.75) is 31.5 Å². The molecule has 0 aliphatic carbocycles. The molecule has 19 heavy (non-hydrogen) atoms. The number of rotatable bonds is 5. The highest BCUT2D eigenvalue weighted by Gasteiger charge is 2.34. The Labute approximate surface area is 121 Å². The predicted molar refractivity (Wildman–Crippen MR) is 73.5 cm³/mol. The van der Waals surface area contributed by atoms with Crippen LogP contribution in [0.2, 0.25) is 5.02 Å². The lowest BCUT2D eigenvalue weighted by Crippen LogP contribution is -2.17. The van der Waals surface area contributed by atoms with Gasteiger partial charge < -0.3 is 11.5 Å². The van der Waals surface area contributed by atoms with E-state index in [1.54, 1.807) is 0 Å². The molecule has 1 rings (SSSR count). The summed E-state index contributed by atoms with van der Waals surface area (Å²) in [6.45, 7) is 0.513. The Balaban J connectivity index is 0.00000324. The Morgan fingerprint density at radius 1 is 1.21 bits per heavy atom. The minimum absolute atomic E-state index is 0. The van der Waals surface area contributed by atoms with Gasteiger partial charge in [0.1, 0.15) is 0 Å². The fourth-order valence-electron chi connectivity index (χ4n) is 1.76. The van der Waals surface area contributed by atoms with E-state index in [-0.39, 0.29) is 23.0 Å². The first kappa shape index (κ1) is 18.5. The van der Waals surface area contributed by atoms with Crippen molar-refractivity contribution in [3.05, 3.63) is 34.3 Å². The molecule has 0 saturated carbocycles. The van der Waals surface area contributed by atoms with Crippen LogP contribution in [0.3, 0.4) is 0 Å². The molecule has 0 amide bonds. The minimum atomic E-state index is -4.44. The van der Waals surface area contributed by atoms with Crippen molar-refractivity contribution >= 4 is 24.0 Å². The standard InChI is InChI=1S/C12H16ClF3N2.ClH/c13-8-4-5-9(10(7-8)12(14,15)16)11(18)3-1-2-6-17;/h4-5,7,11H,1-3,6,17-18H2;1H/t11-;/m1./s1. The first-order valence-corrected chi connectivity index (χ1v) is 6.06. The van der Waals surface area contributed by atoms with Gasteiger partial charge in [0, 0.05) is 11.1 Å². The Kier molecular flexibility index (Phi) is 7.74. The van der Waals surface area contributed by atoms with Gasteiger partial charge in [0.2, 0.25) is 0 Å². The van der Waals surface area contributed by atoms with E-state index in [1.807, 2.05) is 0 Å². The Bertz CT molecular complexity index is 397. The van der Waals surface area contributed by atoms with Crippen LogP contribution < -0.4 is 11.5 Å². The second kappa shape index (κ2) is 7.94. The lowest BCUT2D eigenvalue weighted by Gasteiger charge is -2.18. The molecule has 0 bridgehead atoms. The first-order valence-electron chi connectivity index (χ1n) is 5.68. The molecule has 1 aromatic carbocycles. The molecule has 0 aromatic heterocycles. The van der Waals surface area contributed by atoms with E-state index in [1.165, 1.54) is 12.1 Å². The molecule has 0 fully saturated rings. The maximum atomic E-state index is 12.8. The highest BCUT2D eigenvalue weighted by molar-refractivity contribution is 6.30. The second-order valence-electron chi connectivity index (χ2n) is 4.12. The van der Waals surface area contributed by atoms with Crippen LogP contribution >= 0.6 is 24.0 Å². The summed E-state index contributed by atoms with van der Waals surface area (Å²) < 4.78 is 38.5. The largest absolute Gasteiger partial charge is 0.416 e. The fourth-order valence-corrected chi connectivity index (χ4v) is 1.93. The summed E-state index contributed by atoms with van der Waals surface area (Å²) in [5, 5.41) is 0.0558. The van der Waals surface area contributed by atoms with Crippen LogP contribution in [0, 0.1) is 0 Å². The molecule has 1 atom stereocenters. The Morgan fingerprint density at radius 2 is 1.84 bits per heavy atom. The molecule has 1 aromatic rings. The molecule has 0 aliphatic rings. The van der Waals surface area contributed by atoms with Crippen LogP contribution in [0.25, 0.3) is 0 Å². The smallest absolute Gasteiger partial charge is 0.330 e. The summed E-state index contributed by atoms with van der Waals surface area (Å²) >= 11 is 5.60. The fraction of sp³-hybridized carbons (Fsp3) is 0.500. The highest BCUT2D eigenvalue weighted by Crippen LogP contribution is 2.36. The SMILES string of the molecule is Cl.NCCCC[C@@H](N)c1ccc(Cl)cc1C(F)(F)F. The molecule has 0 unspecified atom stereocenters. The third kappa shape index (κ3) is 5.57. The molecule has 4 N–H and O–H groups in total. The van der Waals surface area contributed by atoms with Crippen molar-refractivity contribution in [3.8, 4) is 0 Å². The van der Waals surface area contributed by atoms with E-state index in [9.17, 15) is 13.2 Å². The van der Waals surface area contributed by atoms with Crippen molar-refractivity contribution in [1.29, 1.82) is 0 Å². The molecule has 110 valence electrons. The van der Waals surface area contributed by atoms with Crippen LogP contribution in [-0.2, 0) is 6.18 Å². The number of hydrogen-bond donors (Lipinski definition) is 2. The third-order valence-electron chi connectivity index (χ3n) is 2.69. The lowest BCUT2D eigenvalue weighted by molar-refractivity contribution is -0.138. The van der Waals surface area contributed by atoms with Gasteiger partial charge in [0.15, 0.2) is 0 Å². The van der Waals surface area contributed by atoms with Crippen LogP contribution in [-0.4, -0.2) is 6.54 Å². The molecule has 0 spiro atoms. The molecule has 0 radical (unpaired) electrons. The third-order valence-corrected chi connectivity index (χ3v) is 2.92. The van der Waals surface area contributed by atoms with Gasteiger partial charge in [-0.1, -0.05) is 24.1 Å². The van der Waals surface area contributed by atoms with Gasteiger partial charge in [0.25, 0.3) is 0 Å². The van der Waals surface area contributed by atoms with Gasteiger partial charge in [-0.15, -0.1) is 12.4 Å². The number of halogens is 5. The molecule has 0 aliphatic heterocycles. The quantitative estimate of drug-likeness (QED) is 0.809. The van der Waals surface area contributed by atoms with Crippen LogP contribution in [0.1, 0.15) is 36.4 Å². The van der Waals surface area contributed by atoms with E-state index in [0.717, 1.165) is 12.5 Å². The maximum Gasteiger partial charge on any atom is 0.416 e. The van der Waals surface area contributed by atoms with Crippen molar-refractivity contribution < 1.29 is 13.2 Å². The number of hydrogen-bond acceptors (Lipinski definition) is 2. The highest BCUT2D eigenvalue weighted by atomic mass is 35.5. The zero-order valence-electron chi connectivity index (χ0n) is 10.2. The molecule has 2 nitrogen and oxygen atoms in total. The molecule has 0 saturated heterocycles. The maximum absolute atomic E-state index is 12.8. The zero-order valence-corrected chi connectivity index (χ0v) is 11.8. The average Bonchev–Trinajstić information content (AvgIpc) is 2.28. The van der Waals surface area contributed by atoms with Crippen molar-refractivity contribution in [2.24, 2.45) is 11.5 Å². The van der Waals surface area contributed by atoms with Crippen molar-refractivity contribution in [1.82, 2.24) is 0 Å². The molecular weight excluding hydrogens is 300 g/mol. The normalized spacial score (nSPS) is 12.9. The number of benzene rings is 1. The van der Waals surface area contributed by atoms with E-state index in [2.05, 4.69) is 0 Å². The van der Waals surface area contributed by atoms with E-state index < -0.39 is 17.8 Å². The molecule has 7 heteroatoms. The topological polar surface area (TPSA) is 52.0 Å². The van der Waals surface area contributed by atoms with Gasteiger partial charge in [0.05, 0.1) is 5.56 Å². The van der Waals surface area contributed by atoms with Crippen molar-refractivity contribution in [3.63, 3.8) is 0 Å². The minimum Gasteiger partial charge on any atom is -0.330 e. The monoisotopic (exact) mass is 316 g/mol. The summed E-state index contributed by atoms with van der Waals surface area (Å²) in [7, 11) is 0. The Morgan fingerprint density at radius 3 is 2.37 bits per heavy atom. The molecular formula is C12H17Cl2F3N2. The summed E-state index contributed by atoms with van der Waals surface area (Å²) in [4.78, 5) is 0. The van der Waals surface area contributed by atoms with Gasteiger partial charge in [-0.25, -0.2) is 0 Å². The van der Waals surface area contributed by atoms with E-state index >= 15 is 0 Å². The van der Waals surface area contributed by atoms with Crippen molar-refractivity contribution in [2.75, 3.05) is 6.54 Å². The number of alkyl halides is 3. The van der Waals surface area contributed by atoms with Crippen LogP contribution in [0.4, 0.5) is 13.2 Å². The number of nitrogens with two attached hydrogens (primary N) is 2. The predicted octanol–water partition coefficient (Wildman–Crippen LogP) is 3.91. The lowest BCUT2D eigenvalue weighted by atomic mass is 9.96. The van der Waals surface area contributed by atoms with Gasteiger partial charge >= 0.3 is 6.18 Å². The summed E-state index contributed by atoms with van der Waals surface area (Å²) in [6, 6.07) is 3.04. The summed E-state index contributed by atoms with van der Waals surface area (Å²) in [5.41, 5.74) is 10.5. The number of unbranched alkanes of at least 4 members (excludes halogenated alkanes) is 1. The Hall–Kier alpha value is -0.490. The average molecular weight is 317 g/mol. The van der Waals surface area contributed by atoms with Gasteiger partial charge in [-0.05, 0) is 37.1 Å². The second-order valence-corrected chi connectivity index (χ2v) is 4.56. The van der Waals surface area contributed by atoms with E-state index in [4.69, 9.17) is 23.1 Å². The summed E-state index contributed by atoms with van der Waals surface area (Å²) in [5.74, 6) is 0. The van der Waals surface area contributed by atoms with Gasteiger partial charge in [-0.3, -0.25) is 0 Å². The van der Waals surface area contributed by atoms with Crippen LogP contribution in [0.5, 0.6) is 0 Å². The van der Waals surface area contributed by atoms with E-state index in [0.29, 0.717) is 19.4 Å². The van der Waals surface area contributed by atoms with Crippen LogP contribution in [0.15, 0.2) is 18.2 Å². The zero-order chi connectivity index (χ0) is 13.8. The van der Waals surface area contributed by atoms with Gasteiger partial charge in [-0.2, -0.15) is 13.2 Å². The first-order chi connectivity index (χ1) is 8.36. The molecule has 0 heterocycles. The summed E-state index contributed by atoms with van der Waals surface area (Å²) in [6.07, 6.45) is -2.51.